The summed E-state index contributed by atoms with van der Waals surface area (Å²) in [5, 5.41) is 10.2. The van der Waals surface area contributed by atoms with E-state index in [1.807, 2.05) is 39.0 Å². The molecular formula is C22H27FN4O2S2. The molecule has 2 aliphatic heterocycles. The van der Waals surface area contributed by atoms with Crippen LogP contribution in [0.2, 0.25) is 0 Å². The van der Waals surface area contributed by atoms with Crippen LogP contribution in [-0.4, -0.2) is 42.1 Å². The number of rotatable bonds is 3. The van der Waals surface area contributed by atoms with Crippen LogP contribution in [0, 0.1) is 26.6 Å². The number of carbonyl (C=O) groups is 1. The standard InChI is InChI=1S/C15H14FN3S2.C6H11NO.CH2O/c1-8-4-5-12(11(16)6-8)18-15-19-13(7-20-15)14-9(2)17-10(3)21-14;1-2-6-4-8-3-5(1)7-6;1-2/h4-7H,1-3H3,(H,18,19);5-7H,1-4H2;1H2/t;5-,6+;. The van der Waals surface area contributed by atoms with Crippen LogP contribution in [0.1, 0.15) is 29.1 Å². The molecule has 2 saturated heterocycles. The van der Waals surface area contributed by atoms with E-state index in [2.05, 4.69) is 20.6 Å². The molecule has 0 aliphatic carbocycles. The Kier molecular flexibility index (Phi) is 8.25. The Morgan fingerprint density at radius 3 is 2.45 bits per heavy atom. The average Bonchev–Trinajstić information content (AvgIpc) is 3.45. The molecule has 2 aromatic heterocycles. The van der Waals surface area contributed by atoms with Gasteiger partial charge in [-0.05, 0) is 51.3 Å². The summed E-state index contributed by atoms with van der Waals surface area (Å²) in [6, 6.07) is 6.49. The Hall–Kier alpha value is -2.20. The van der Waals surface area contributed by atoms with Crippen molar-refractivity contribution in [3.05, 3.63) is 45.7 Å². The molecule has 0 amide bonds. The maximum atomic E-state index is 13.8. The molecule has 2 aliphatic rings. The van der Waals surface area contributed by atoms with Crippen LogP contribution in [0.25, 0.3) is 10.6 Å². The van der Waals surface area contributed by atoms with Crippen molar-refractivity contribution in [2.45, 2.75) is 45.7 Å². The molecular weight excluding hydrogens is 435 g/mol. The molecule has 1 aromatic carbocycles. The number of aromatic nitrogens is 2. The van der Waals surface area contributed by atoms with Gasteiger partial charge in [-0.1, -0.05) is 6.07 Å². The summed E-state index contributed by atoms with van der Waals surface area (Å²) in [4.78, 5) is 18.0. The Morgan fingerprint density at radius 1 is 1.16 bits per heavy atom. The number of aryl methyl sites for hydroxylation is 3. The monoisotopic (exact) mass is 462 g/mol. The third-order valence-electron chi connectivity index (χ3n) is 4.98. The Balaban J connectivity index is 0.000000225. The Bertz CT molecular complexity index is 993. The van der Waals surface area contributed by atoms with Crippen LogP contribution < -0.4 is 10.6 Å². The molecule has 6 nitrogen and oxygen atoms in total. The first-order chi connectivity index (χ1) is 15.0. The van der Waals surface area contributed by atoms with E-state index in [-0.39, 0.29) is 5.82 Å². The summed E-state index contributed by atoms with van der Waals surface area (Å²) in [5.74, 6) is -0.267. The normalized spacial score (nSPS) is 19.1. The SMILES string of the molecule is C1C[C@H]2COC[C@@H]1N2.C=O.Cc1ccc(Nc2nc(-c3sc(C)nc3C)cs2)c(F)c1. The van der Waals surface area contributed by atoms with E-state index in [1.54, 1.807) is 17.4 Å². The van der Waals surface area contributed by atoms with E-state index in [0.717, 1.165) is 40.0 Å². The lowest BCUT2D eigenvalue weighted by molar-refractivity contribution is -0.0979. The number of fused-ring (bicyclic) bond motifs is 2. The third kappa shape index (κ3) is 6.16. The van der Waals surface area contributed by atoms with E-state index in [0.29, 0.717) is 22.9 Å². The highest BCUT2D eigenvalue weighted by molar-refractivity contribution is 7.16. The third-order valence-corrected chi connectivity index (χ3v) is 6.83. The number of halogens is 1. The first-order valence-corrected chi connectivity index (χ1v) is 11.7. The van der Waals surface area contributed by atoms with E-state index < -0.39 is 0 Å². The van der Waals surface area contributed by atoms with Gasteiger partial charge in [-0.25, -0.2) is 14.4 Å². The lowest BCUT2D eigenvalue weighted by Crippen LogP contribution is -2.41. The number of ether oxygens (including phenoxy) is 1. The summed E-state index contributed by atoms with van der Waals surface area (Å²) >= 11 is 3.08. The molecule has 0 unspecified atom stereocenters. The number of nitrogens with zero attached hydrogens (tertiary/aromatic N) is 2. The Morgan fingerprint density at radius 2 is 1.87 bits per heavy atom. The predicted molar refractivity (Wildman–Crippen MR) is 125 cm³/mol. The van der Waals surface area contributed by atoms with Gasteiger partial charge in [0.1, 0.15) is 12.6 Å². The van der Waals surface area contributed by atoms with Crippen molar-refractivity contribution in [3.8, 4) is 10.6 Å². The number of benzene rings is 1. The molecule has 2 N–H and O–H groups in total. The summed E-state index contributed by atoms with van der Waals surface area (Å²) in [6.45, 7) is 9.70. The number of morpholine rings is 1. The number of carbonyl (C=O) groups excluding carboxylic acids is 1. The summed E-state index contributed by atoms with van der Waals surface area (Å²) in [5.41, 5.74) is 3.21. The summed E-state index contributed by atoms with van der Waals surface area (Å²) in [6.07, 6.45) is 2.65. The van der Waals surface area contributed by atoms with Gasteiger partial charge in [0.05, 0.1) is 40.2 Å². The molecule has 166 valence electrons. The molecule has 4 heterocycles. The number of nitrogens with one attached hydrogen (secondary N) is 2. The molecule has 0 radical (unpaired) electrons. The van der Waals surface area contributed by atoms with Gasteiger partial charge >= 0.3 is 0 Å². The van der Waals surface area contributed by atoms with Gasteiger partial charge in [0.15, 0.2) is 5.13 Å². The molecule has 3 aromatic rings. The van der Waals surface area contributed by atoms with Gasteiger partial charge in [0, 0.05) is 17.5 Å². The lowest BCUT2D eigenvalue weighted by Gasteiger charge is -2.20. The van der Waals surface area contributed by atoms with Crippen molar-refractivity contribution in [1.29, 1.82) is 0 Å². The zero-order chi connectivity index (χ0) is 22.4. The second-order valence-corrected chi connectivity index (χ2v) is 9.53. The fraction of sp³-hybridized carbons (Fsp3) is 0.409. The zero-order valence-electron chi connectivity index (χ0n) is 17.9. The second kappa shape index (κ2) is 10.9. The van der Waals surface area contributed by atoms with Crippen molar-refractivity contribution in [1.82, 2.24) is 15.3 Å². The van der Waals surface area contributed by atoms with Gasteiger partial charge in [-0.15, -0.1) is 22.7 Å². The van der Waals surface area contributed by atoms with Crippen molar-refractivity contribution in [3.63, 3.8) is 0 Å². The van der Waals surface area contributed by atoms with Crippen LogP contribution in [0.4, 0.5) is 15.2 Å². The number of thiazole rings is 2. The van der Waals surface area contributed by atoms with Gasteiger partial charge in [-0.3, -0.25) is 0 Å². The van der Waals surface area contributed by atoms with Crippen molar-refractivity contribution < 1.29 is 13.9 Å². The first-order valence-electron chi connectivity index (χ1n) is 10.0. The fourth-order valence-electron chi connectivity index (χ4n) is 3.56. The van der Waals surface area contributed by atoms with Crippen LogP contribution in [-0.2, 0) is 9.53 Å². The smallest absolute Gasteiger partial charge is 0.187 e. The number of hydrogen-bond acceptors (Lipinski definition) is 8. The van der Waals surface area contributed by atoms with Crippen LogP contribution >= 0.6 is 22.7 Å². The average molecular weight is 463 g/mol. The highest BCUT2D eigenvalue weighted by atomic mass is 32.1. The largest absolute Gasteiger partial charge is 0.378 e. The minimum Gasteiger partial charge on any atom is -0.378 e. The van der Waals surface area contributed by atoms with Gasteiger partial charge < -0.3 is 20.2 Å². The quantitative estimate of drug-likeness (QED) is 0.569. The molecule has 31 heavy (non-hydrogen) atoms. The van der Waals surface area contributed by atoms with Crippen LogP contribution in [0.3, 0.4) is 0 Å². The molecule has 0 spiro atoms. The minimum atomic E-state index is -0.267. The topological polar surface area (TPSA) is 76.1 Å². The van der Waals surface area contributed by atoms with Crippen molar-refractivity contribution in [2.24, 2.45) is 0 Å². The number of hydrogen-bond donors (Lipinski definition) is 2. The van der Waals surface area contributed by atoms with Crippen molar-refractivity contribution >= 4 is 40.3 Å². The minimum absolute atomic E-state index is 0.267. The van der Waals surface area contributed by atoms with E-state index in [1.165, 1.54) is 30.2 Å². The van der Waals surface area contributed by atoms with E-state index in [9.17, 15) is 4.39 Å². The van der Waals surface area contributed by atoms with Crippen molar-refractivity contribution in [2.75, 3.05) is 18.5 Å². The molecule has 0 saturated carbocycles. The van der Waals surface area contributed by atoms with Crippen LogP contribution in [0.5, 0.6) is 0 Å². The molecule has 2 atom stereocenters. The van der Waals surface area contributed by atoms with E-state index >= 15 is 0 Å². The first kappa shape index (κ1) is 23.5. The molecule has 9 heteroatoms. The van der Waals surface area contributed by atoms with Gasteiger partial charge in [-0.2, -0.15) is 0 Å². The molecule has 5 rings (SSSR count). The highest BCUT2D eigenvalue weighted by Gasteiger charge is 2.27. The lowest BCUT2D eigenvalue weighted by atomic mass is 10.2. The van der Waals surface area contributed by atoms with Gasteiger partial charge in [0.2, 0.25) is 0 Å². The molecule has 2 fully saturated rings. The summed E-state index contributed by atoms with van der Waals surface area (Å²) < 4.78 is 19.1. The number of anilines is 2. The second-order valence-electron chi connectivity index (χ2n) is 7.47. The van der Waals surface area contributed by atoms with E-state index in [4.69, 9.17) is 9.53 Å². The van der Waals surface area contributed by atoms with Gasteiger partial charge in [0.25, 0.3) is 0 Å². The highest BCUT2D eigenvalue weighted by Crippen LogP contribution is 2.33. The predicted octanol–water partition coefficient (Wildman–Crippen LogP) is 5.03. The molecule has 2 bridgehead atoms. The maximum Gasteiger partial charge on any atom is 0.187 e. The summed E-state index contributed by atoms with van der Waals surface area (Å²) in [7, 11) is 0. The Labute approximate surface area is 189 Å². The maximum absolute atomic E-state index is 13.8. The zero-order valence-corrected chi connectivity index (χ0v) is 19.5. The van der Waals surface area contributed by atoms with Crippen LogP contribution in [0.15, 0.2) is 23.6 Å². The fourth-order valence-corrected chi connectivity index (χ4v) is 5.23.